The van der Waals surface area contributed by atoms with Gasteiger partial charge in [0.2, 0.25) is 5.95 Å². The normalized spacial score (nSPS) is 14.7. The number of hydrogen-bond donors (Lipinski definition) is 1. The zero-order valence-electron chi connectivity index (χ0n) is 15.6. The third kappa shape index (κ3) is 3.28. The lowest BCUT2D eigenvalue weighted by atomic mass is 10.1. The number of hydrogen-bond acceptors (Lipinski definition) is 8. The lowest BCUT2D eigenvalue weighted by Crippen LogP contribution is -2.37. The molecule has 0 bridgehead atoms. The first-order chi connectivity index (χ1) is 13.2. The number of nitrogen functional groups attached to an aromatic ring is 1. The Bertz CT molecular complexity index is 973. The number of nitrogens with zero attached hydrogens (tertiary/aromatic N) is 4. The van der Waals surface area contributed by atoms with Gasteiger partial charge in [-0.1, -0.05) is 0 Å². The van der Waals surface area contributed by atoms with E-state index in [9.17, 15) is 0 Å². The van der Waals surface area contributed by atoms with Crippen LogP contribution in [0, 0.1) is 0 Å². The Morgan fingerprint density at radius 1 is 1.04 bits per heavy atom. The number of aromatic nitrogens is 3. The molecule has 1 fully saturated rings. The molecule has 3 aromatic rings. The van der Waals surface area contributed by atoms with Gasteiger partial charge in [-0.15, -0.1) is 0 Å². The SMILES string of the molecule is CCOc1cc2ncc3c(N)nc(N4CCOCC4)nc3c2cc1OCC. The Labute approximate surface area is 157 Å². The van der Waals surface area contributed by atoms with Crippen molar-refractivity contribution in [2.75, 3.05) is 50.2 Å². The number of fused-ring (bicyclic) bond motifs is 3. The highest BCUT2D eigenvalue weighted by atomic mass is 16.5. The molecule has 0 aliphatic carbocycles. The Morgan fingerprint density at radius 3 is 2.44 bits per heavy atom. The average molecular weight is 369 g/mol. The minimum absolute atomic E-state index is 0.419. The summed E-state index contributed by atoms with van der Waals surface area (Å²) in [6.07, 6.45) is 1.71. The third-order valence-electron chi connectivity index (χ3n) is 4.51. The number of anilines is 2. The van der Waals surface area contributed by atoms with E-state index in [0.29, 0.717) is 49.7 Å². The van der Waals surface area contributed by atoms with E-state index in [1.807, 2.05) is 26.0 Å². The summed E-state index contributed by atoms with van der Waals surface area (Å²) in [5.74, 6) is 2.38. The lowest BCUT2D eigenvalue weighted by molar-refractivity contribution is 0.122. The van der Waals surface area contributed by atoms with Crippen LogP contribution in [0.15, 0.2) is 18.3 Å². The van der Waals surface area contributed by atoms with Crippen LogP contribution in [0.2, 0.25) is 0 Å². The number of rotatable bonds is 5. The minimum Gasteiger partial charge on any atom is -0.490 e. The van der Waals surface area contributed by atoms with E-state index in [1.165, 1.54) is 0 Å². The molecule has 1 aliphatic heterocycles. The fraction of sp³-hybridized carbons (Fsp3) is 0.421. The highest BCUT2D eigenvalue weighted by Crippen LogP contribution is 2.36. The van der Waals surface area contributed by atoms with Crippen LogP contribution in [0.5, 0.6) is 11.5 Å². The molecule has 0 amide bonds. The summed E-state index contributed by atoms with van der Waals surface area (Å²) in [6.45, 7) is 7.78. The molecule has 8 nitrogen and oxygen atoms in total. The van der Waals surface area contributed by atoms with Gasteiger partial charge >= 0.3 is 0 Å². The van der Waals surface area contributed by atoms with Gasteiger partial charge in [0, 0.05) is 30.7 Å². The molecule has 1 aliphatic rings. The van der Waals surface area contributed by atoms with Crippen molar-refractivity contribution in [1.82, 2.24) is 15.0 Å². The maximum atomic E-state index is 6.22. The molecule has 3 heterocycles. The van der Waals surface area contributed by atoms with E-state index in [-0.39, 0.29) is 0 Å². The van der Waals surface area contributed by atoms with E-state index in [0.717, 1.165) is 34.9 Å². The molecule has 4 rings (SSSR count). The molecule has 1 saturated heterocycles. The quantitative estimate of drug-likeness (QED) is 0.685. The first-order valence-electron chi connectivity index (χ1n) is 9.19. The van der Waals surface area contributed by atoms with Crippen LogP contribution in [0.1, 0.15) is 13.8 Å². The topological polar surface area (TPSA) is 95.6 Å². The fourth-order valence-corrected chi connectivity index (χ4v) is 3.23. The predicted molar refractivity (Wildman–Crippen MR) is 105 cm³/mol. The van der Waals surface area contributed by atoms with Crippen LogP contribution >= 0.6 is 0 Å². The van der Waals surface area contributed by atoms with Gasteiger partial charge in [-0.05, 0) is 19.9 Å². The minimum atomic E-state index is 0.419. The van der Waals surface area contributed by atoms with E-state index in [4.69, 9.17) is 24.9 Å². The van der Waals surface area contributed by atoms with Crippen molar-refractivity contribution in [3.8, 4) is 11.5 Å². The van der Waals surface area contributed by atoms with Crippen molar-refractivity contribution in [3.63, 3.8) is 0 Å². The predicted octanol–water partition coefficient (Wildman–Crippen LogP) is 2.39. The molecule has 0 saturated carbocycles. The van der Waals surface area contributed by atoms with Crippen molar-refractivity contribution in [2.45, 2.75) is 13.8 Å². The number of pyridine rings is 1. The second-order valence-corrected chi connectivity index (χ2v) is 6.21. The molecular weight excluding hydrogens is 346 g/mol. The van der Waals surface area contributed by atoms with Crippen LogP contribution in [0.4, 0.5) is 11.8 Å². The standard InChI is InChI=1S/C19H23N5O3/c1-3-26-15-9-12-14(10-16(15)27-4-2)21-11-13-17(12)22-19(23-18(13)20)24-5-7-25-8-6-24/h9-11H,3-8H2,1-2H3,(H2,20,22,23). The molecule has 142 valence electrons. The Kier molecular flexibility index (Phi) is 4.81. The highest BCUT2D eigenvalue weighted by molar-refractivity contribution is 6.07. The maximum absolute atomic E-state index is 6.22. The number of benzene rings is 1. The summed E-state index contributed by atoms with van der Waals surface area (Å²) in [6, 6.07) is 3.81. The van der Waals surface area contributed by atoms with Crippen molar-refractivity contribution in [1.29, 1.82) is 0 Å². The fourth-order valence-electron chi connectivity index (χ4n) is 3.23. The van der Waals surface area contributed by atoms with E-state index in [2.05, 4.69) is 14.9 Å². The molecule has 0 spiro atoms. The first-order valence-corrected chi connectivity index (χ1v) is 9.19. The molecule has 27 heavy (non-hydrogen) atoms. The molecule has 2 N–H and O–H groups in total. The highest BCUT2D eigenvalue weighted by Gasteiger charge is 2.18. The van der Waals surface area contributed by atoms with Gasteiger partial charge in [0.05, 0.1) is 42.8 Å². The monoisotopic (exact) mass is 369 g/mol. The second-order valence-electron chi connectivity index (χ2n) is 6.21. The lowest BCUT2D eigenvalue weighted by Gasteiger charge is -2.27. The summed E-state index contributed by atoms with van der Waals surface area (Å²) in [5, 5.41) is 1.59. The smallest absolute Gasteiger partial charge is 0.228 e. The molecule has 0 atom stereocenters. The zero-order chi connectivity index (χ0) is 18.8. The van der Waals surface area contributed by atoms with Crippen LogP contribution in [-0.4, -0.2) is 54.5 Å². The first kappa shape index (κ1) is 17.5. The van der Waals surface area contributed by atoms with Crippen LogP contribution in [0.25, 0.3) is 21.8 Å². The van der Waals surface area contributed by atoms with Gasteiger partial charge in [0.1, 0.15) is 5.82 Å². The third-order valence-corrected chi connectivity index (χ3v) is 4.51. The number of ether oxygens (including phenoxy) is 3. The van der Waals surface area contributed by atoms with Crippen LogP contribution in [0.3, 0.4) is 0 Å². The Balaban J connectivity index is 1.92. The maximum Gasteiger partial charge on any atom is 0.228 e. The molecule has 0 unspecified atom stereocenters. The second kappa shape index (κ2) is 7.40. The number of nitrogens with two attached hydrogens (primary N) is 1. The molecular formula is C19H23N5O3. The van der Waals surface area contributed by atoms with Gasteiger partial charge in [-0.3, -0.25) is 4.98 Å². The number of morpholine rings is 1. The Hall–Kier alpha value is -2.87. The molecule has 1 aromatic carbocycles. The summed E-state index contributed by atoms with van der Waals surface area (Å²) in [7, 11) is 0. The van der Waals surface area contributed by atoms with Crippen LogP contribution in [-0.2, 0) is 4.74 Å². The molecule has 2 aromatic heterocycles. The van der Waals surface area contributed by atoms with Crippen molar-refractivity contribution in [3.05, 3.63) is 18.3 Å². The summed E-state index contributed by atoms with van der Waals surface area (Å²) >= 11 is 0. The average Bonchev–Trinajstić information content (AvgIpc) is 2.69. The largest absolute Gasteiger partial charge is 0.490 e. The van der Waals surface area contributed by atoms with Gasteiger partial charge in [0.15, 0.2) is 11.5 Å². The summed E-state index contributed by atoms with van der Waals surface area (Å²) < 4.78 is 16.9. The van der Waals surface area contributed by atoms with Crippen molar-refractivity contribution >= 4 is 33.6 Å². The molecule has 8 heteroatoms. The zero-order valence-corrected chi connectivity index (χ0v) is 15.6. The van der Waals surface area contributed by atoms with E-state index in [1.54, 1.807) is 6.20 Å². The van der Waals surface area contributed by atoms with Crippen molar-refractivity contribution < 1.29 is 14.2 Å². The van der Waals surface area contributed by atoms with E-state index < -0.39 is 0 Å². The molecule has 0 radical (unpaired) electrons. The summed E-state index contributed by atoms with van der Waals surface area (Å²) in [5.41, 5.74) is 7.76. The van der Waals surface area contributed by atoms with Gasteiger partial charge in [0.25, 0.3) is 0 Å². The van der Waals surface area contributed by atoms with Crippen molar-refractivity contribution in [2.24, 2.45) is 0 Å². The van der Waals surface area contributed by atoms with Gasteiger partial charge < -0.3 is 24.8 Å². The van der Waals surface area contributed by atoms with Gasteiger partial charge in [-0.2, -0.15) is 4.98 Å². The van der Waals surface area contributed by atoms with Gasteiger partial charge in [-0.25, -0.2) is 4.98 Å². The van der Waals surface area contributed by atoms with Crippen LogP contribution < -0.4 is 20.1 Å². The summed E-state index contributed by atoms with van der Waals surface area (Å²) in [4.78, 5) is 15.9. The van der Waals surface area contributed by atoms with E-state index >= 15 is 0 Å². The Morgan fingerprint density at radius 2 is 1.74 bits per heavy atom.